The van der Waals surface area contributed by atoms with Gasteiger partial charge in [0.15, 0.2) is 0 Å². The highest BCUT2D eigenvalue weighted by atomic mass is 79.9. The first-order valence-electron chi connectivity index (χ1n) is 10.9. The van der Waals surface area contributed by atoms with Crippen LogP contribution in [0.4, 0.5) is 0 Å². The first kappa shape index (κ1) is 19.8. The fraction of sp³-hybridized carbons (Fsp3) is 0.762. The second-order valence-corrected chi connectivity index (χ2v) is 9.35. The maximum atomic E-state index is 4.92. The number of aromatic nitrogens is 1. The van der Waals surface area contributed by atoms with E-state index >= 15 is 0 Å². The van der Waals surface area contributed by atoms with Crippen LogP contribution in [-0.2, 0) is 13.1 Å². The summed E-state index contributed by atoms with van der Waals surface area (Å²) in [5.74, 6) is 0. The summed E-state index contributed by atoms with van der Waals surface area (Å²) in [6, 6.07) is 6.58. The van der Waals surface area contributed by atoms with Crippen molar-refractivity contribution in [2.75, 3.05) is 13.1 Å². The Morgan fingerprint density at radius 3 is 1.52 bits per heavy atom. The summed E-state index contributed by atoms with van der Waals surface area (Å²) in [4.78, 5) is 4.92. The molecule has 2 aliphatic carbocycles. The van der Waals surface area contributed by atoms with E-state index in [1.807, 2.05) is 0 Å². The number of rotatable bonds is 0. The van der Waals surface area contributed by atoms with Crippen LogP contribution >= 0.6 is 15.9 Å². The molecule has 1 aromatic rings. The van der Waals surface area contributed by atoms with Crippen molar-refractivity contribution in [3.8, 4) is 0 Å². The quantitative estimate of drug-likeness (QED) is 0.504. The van der Waals surface area contributed by atoms with E-state index in [1.165, 1.54) is 51.4 Å². The Morgan fingerprint density at radius 2 is 1.07 bits per heavy atom. The van der Waals surface area contributed by atoms with Gasteiger partial charge in [0.1, 0.15) is 0 Å². The predicted molar refractivity (Wildman–Crippen MR) is 114 cm³/mol. The molecule has 150 valence electrons. The van der Waals surface area contributed by atoms with Crippen LogP contribution in [-0.4, -0.2) is 42.2 Å². The Balaban J connectivity index is 1.51. The van der Waals surface area contributed by atoms with Crippen molar-refractivity contribution in [2.24, 2.45) is 0 Å². The Hall–Kier alpha value is -0.530. The van der Waals surface area contributed by atoms with Crippen LogP contribution in [0.25, 0.3) is 0 Å². The molecule has 4 atom stereocenters. The Kier molecular flexibility index (Phi) is 7.17. The maximum Gasteiger partial charge on any atom is 0.0556 e. The first-order chi connectivity index (χ1) is 13.3. The van der Waals surface area contributed by atoms with E-state index in [2.05, 4.69) is 49.3 Å². The minimum Gasteiger partial charge on any atom is -0.311 e. The highest BCUT2D eigenvalue weighted by Crippen LogP contribution is 2.21. The molecule has 2 heterocycles. The van der Waals surface area contributed by atoms with Gasteiger partial charge >= 0.3 is 0 Å². The molecule has 3 aliphatic rings. The topological polar surface area (TPSA) is 61.0 Å². The summed E-state index contributed by atoms with van der Waals surface area (Å²) in [6.45, 7) is 3.81. The molecule has 5 nitrogen and oxygen atoms in total. The van der Waals surface area contributed by atoms with Crippen molar-refractivity contribution < 1.29 is 0 Å². The number of fused-ring (bicyclic) bond motifs is 4. The third-order valence-electron chi connectivity index (χ3n) is 6.46. The van der Waals surface area contributed by atoms with Gasteiger partial charge in [0.05, 0.1) is 11.4 Å². The molecule has 0 amide bonds. The van der Waals surface area contributed by atoms with E-state index in [9.17, 15) is 0 Å². The van der Waals surface area contributed by atoms with E-state index in [-0.39, 0.29) is 0 Å². The third-order valence-corrected chi connectivity index (χ3v) is 6.91. The van der Waals surface area contributed by atoms with Crippen LogP contribution in [0, 0.1) is 0 Å². The van der Waals surface area contributed by atoms with Crippen molar-refractivity contribution in [3.63, 3.8) is 0 Å². The fourth-order valence-corrected chi connectivity index (χ4v) is 5.54. The van der Waals surface area contributed by atoms with Gasteiger partial charge in [-0.15, -0.1) is 0 Å². The van der Waals surface area contributed by atoms with Crippen LogP contribution in [0.3, 0.4) is 0 Å². The standard InChI is InChI=1S/C21H34BrN5/c22-15-11-16-13-25-20-7-3-1-5-18(20)23-9-10-24-19-6-2-4-8-21(19)26-14-17(12-15)27-16/h11-12,18-21,23-26H,1-10,13-14H2/t18-,19?,20-,21?/m1/s1. The van der Waals surface area contributed by atoms with E-state index in [4.69, 9.17) is 4.98 Å². The van der Waals surface area contributed by atoms with E-state index < -0.39 is 0 Å². The predicted octanol–water partition coefficient (Wildman–Crippen LogP) is 2.84. The largest absolute Gasteiger partial charge is 0.311 e. The SMILES string of the molecule is Brc1cc2nc(c1)CN[C@@H]1CCCC[C@H]1NCCNC1CCCCC1NC2. The molecule has 0 aromatic carbocycles. The number of halogens is 1. The molecule has 2 unspecified atom stereocenters. The van der Waals surface area contributed by atoms with Gasteiger partial charge in [-0.3, -0.25) is 4.98 Å². The number of hydrogen-bond acceptors (Lipinski definition) is 5. The molecular formula is C21H34BrN5. The monoisotopic (exact) mass is 435 g/mol. The van der Waals surface area contributed by atoms with E-state index in [0.29, 0.717) is 24.2 Å². The highest BCUT2D eigenvalue weighted by Gasteiger charge is 2.26. The summed E-state index contributed by atoms with van der Waals surface area (Å²) in [5, 5.41) is 15.2. The zero-order chi connectivity index (χ0) is 18.5. The number of nitrogens with one attached hydrogen (secondary N) is 4. The zero-order valence-electron chi connectivity index (χ0n) is 16.3. The van der Waals surface area contributed by atoms with Gasteiger partial charge in [-0.1, -0.05) is 41.6 Å². The molecule has 0 spiro atoms. The van der Waals surface area contributed by atoms with Crippen LogP contribution in [0.2, 0.25) is 0 Å². The maximum absolute atomic E-state index is 4.92. The molecule has 2 bridgehead atoms. The summed E-state index contributed by atoms with van der Waals surface area (Å²) in [6.07, 6.45) is 10.4. The molecule has 0 radical (unpaired) electrons. The lowest BCUT2D eigenvalue weighted by Crippen LogP contribution is -2.53. The smallest absolute Gasteiger partial charge is 0.0556 e. The zero-order valence-corrected chi connectivity index (χ0v) is 17.9. The Bertz CT molecular complexity index is 562. The molecule has 0 saturated heterocycles. The number of pyridine rings is 1. The molecule has 4 rings (SSSR count). The van der Waals surface area contributed by atoms with Crippen LogP contribution < -0.4 is 21.3 Å². The van der Waals surface area contributed by atoms with Crippen molar-refractivity contribution in [1.82, 2.24) is 26.3 Å². The lowest BCUT2D eigenvalue weighted by atomic mass is 9.89. The van der Waals surface area contributed by atoms with Crippen molar-refractivity contribution in [2.45, 2.75) is 88.6 Å². The molecule has 1 aromatic heterocycles. The minimum atomic E-state index is 0.550. The molecule has 2 fully saturated rings. The molecule has 27 heavy (non-hydrogen) atoms. The van der Waals surface area contributed by atoms with Gasteiger partial charge in [0, 0.05) is 54.8 Å². The van der Waals surface area contributed by atoms with Gasteiger partial charge < -0.3 is 21.3 Å². The van der Waals surface area contributed by atoms with Crippen LogP contribution in [0.15, 0.2) is 16.6 Å². The lowest BCUT2D eigenvalue weighted by Gasteiger charge is -2.34. The van der Waals surface area contributed by atoms with Gasteiger partial charge in [-0.25, -0.2) is 0 Å². The Labute approximate surface area is 172 Å². The van der Waals surface area contributed by atoms with Crippen molar-refractivity contribution in [3.05, 3.63) is 28.0 Å². The minimum absolute atomic E-state index is 0.550. The molecule has 1 aliphatic heterocycles. The second-order valence-electron chi connectivity index (χ2n) is 8.43. The van der Waals surface area contributed by atoms with Gasteiger partial charge in [-0.05, 0) is 37.8 Å². The van der Waals surface area contributed by atoms with E-state index in [1.54, 1.807) is 0 Å². The molecule has 6 heteroatoms. The van der Waals surface area contributed by atoms with Gasteiger partial charge in [-0.2, -0.15) is 0 Å². The lowest BCUT2D eigenvalue weighted by molar-refractivity contribution is 0.266. The molecule has 4 N–H and O–H groups in total. The molecule has 2 saturated carbocycles. The highest BCUT2D eigenvalue weighted by molar-refractivity contribution is 9.10. The number of nitrogens with zero attached hydrogens (tertiary/aromatic N) is 1. The summed E-state index contributed by atoms with van der Waals surface area (Å²) < 4.78 is 1.13. The second kappa shape index (κ2) is 9.79. The first-order valence-corrected chi connectivity index (χ1v) is 11.7. The average molecular weight is 436 g/mol. The Morgan fingerprint density at radius 1 is 0.667 bits per heavy atom. The van der Waals surface area contributed by atoms with Crippen LogP contribution in [0.5, 0.6) is 0 Å². The van der Waals surface area contributed by atoms with Gasteiger partial charge in [0.25, 0.3) is 0 Å². The summed E-state index contributed by atoms with van der Waals surface area (Å²) in [5.41, 5.74) is 2.28. The van der Waals surface area contributed by atoms with Crippen molar-refractivity contribution in [1.29, 1.82) is 0 Å². The van der Waals surface area contributed by atoms with Crippen LogP contribution in [0.1, 0.15) is 62.8 Å². The third kappa shape index (κ3) is 5.51. The normalized spacial score (nSPS) is 33.2. The van der Waals surface area contributed by atoms with E-state index in [0.717, 1.165) is 42.0 Å². The fourth-order valence-electron chi connectivity index (χ4n) is 5.02. The average Bonchev–Trinajstić information content (AvgIpc) is 2.69. The summed E-state index contributed by atoms with van der Waals surface area (Å²) >= 11 is 3.69. The van der Waals surface area contributed by atoms with Crippen molar-refractivity contribution >= 4 is 15.9 Å². The summed E-state index contributed by atoms with van der Waals surface area (Å²) in [7, 11) is 0. The molecular weight excluding hydrogens is 402 g/mol. The van der Waals surface area contributed by atoms with Gasteiger partial charge in [0.2, 0.25) is 0 Å². The number of hydrogen-bond donors (Lipinski definition) is 4.